The van der Waals surface area contributed by atoms with E-state index in [1.165, 1.54) is 0 Å². The fourth-order valence-corrected chi connectivity index (χ4v) is 2.39. The smallest absolute Gasteiger partial charge is 0.266 e. The Bertz CT molecular complexity index is 830. The van der Waals surface area contributed by atoms with Crippen molar-refractivity contribution in [2.45, 2.75) is 33.6 Å². The van der Waals surface area contributed by atoms with E-state index < -0.39 is 5.91 Å². The van der Waals surface area contributed by atoms with Crippen molar-refractivity contribution in [3.05, 3.63) is 64.7 Å². The highest BCUT2D eigenvalue weighted by Crippen LogP contribution is 2.20. The first-order valence-corrected chi connectivity index (χ1v) is 8.77. The number of hydrogen-bond acceptors (Lipinski definition) is 3. The van der Waals surface area contributed by atoms with Gasteiger partial charge in [-0.15, -0.1) is 0 Å². The second-order valence-electron chi connectivity index (χ2n) is 6.14. The maximum Gasteiger partial charge on any atom is 0.266 e. The number of unbranched alkanes of at least 4 members (excludes halogenated alkanes) is 1. The molecule has 2 rings (SSSR count). The number of aryl methyl sites for hydroxylation is 1. The van der Waals surface area contributed by atoms with E-state index in [0.29, 0.717) is 6.61 Å². The molecule has 0 spiro atoms. The van der Waals surface area contributed by atoms with E-state index in [2.05, 4.69) is 12.2 Å². The van der Waals surface area contributed by atoms with Crippen LogP contribution in [0.3, 0.4) is 0 Å². The van der Waals surface area contributed by atoms with Gasteiger partial charge in [0.2, 0.25) is 0 Å². The Kier molecular flexibility index (Phi) is 6.99. The summed E-state index contributed by atoms with van der Waals surface area (Å²) < 4.78 is 5.62. The maximum atomic E-state index is 12.4. The lowest BCUT2D eigenvalue weighted by Crippen LogP contribution is -2.14. The molecule has 0 radical (unpaired) electrons. The summed E-state index contributed by atoms with van der Waals surface area (Å²) in [6, 6.07) is 15.0. The molecule has 0 heterocycles. The molecule has 0 atom stereocenters. The van der Waals surface area contributed by atoms with Crippen LogP contribution in [0.5, 0.6) is 5.75 Å². The van der Waals surface area contributed by atoms with Crippen LogP contribution in [0.1, 0.15) is 36.5 Å². The number of nitrogens with zero attached hydrogens (tertiary/aromatic N) is 1. The number of ether oxygens (including phenoxy) is 1. The van der Waals surface area contributed by atoms with Crippen molar-refractivity contribution < 1.29 is 9.53 Å². The van der Waals surface area contributed by atoms with Crippen LogP contribution in [-0.4, -0.2) is 12.5 Å². The van der Waals surface area contributed by atoms with Gasteiger partial charge in [-0.1, -0.05) is 37.6 Å². The largest absolute Gasteiger partial charge is 0.494 e. The second kappa shape index (κ2) is 9.43. The SMILES string of the molecule is CCCCOc1ccc(/C=C(\C#N)C(=O)Nc2cccc(C)c2C)cc1. The van der Waals surface area contributed by atoms with Crippen molar-refractivity contribution in [3.8, 4) is 11.8 Å². The molecule has 0 bridgehead atoms. The van der Waals surface area contributed by atoms with E-state index in [1.54, 1.807) is 6.08 Å². The van der Waals surface area contributed by atoms with Crippen LogP contribution in [0.15, 0.2) is 48.0 Å². The van der Waals surface area contributed by atoms with Gasteiger partial charge in [0.15, 0.2) is 0 Å². The Morgan fingerprint density at radius 2 is 1.92 bits per heavy atom. The average molecular weight is 348 g/mol. The normalized spacial score (nSPS) is 10.9. The highest BCUT2D eigenvalue weighted by molar-refractivity contribution is 6.10. The van der Waals surface area contributed by atoms with E-state index in [0.717, 1.165) is 41.0 Å². The summed E-state index contributed by atoms with van der Waals surface area (Å²) in [7, 11) is 0. The molecule has 0 saturated carbocycles. The summed E-state index contributed by atoms with van der Waals surface area (Å²) in [4.78, 5) is 12.4. The summed E-state index contributed by atoms with van der Waals surface area (Å²) in [6.07, 6.45) is 3.68. The Morgan fingerprint density at radius 3 is 2.58 bits per heavy atom. The van der Waals surface area contributed by atoms with E-state index in [9.17, 15) is 10.1 Å². The Balaban J connectivity index is 2.10. The maximum absolute atomic E-state index is 12.4. The molecule has 1 N–H and O–H groups in total. The molecule has 0 unspecified atom stereocenters. The Labute approximate surface area is 155 Å². The summed E-state index contributed by atoms with van der Waals surface area (Å²) in [5.41, 5.74) is 3.64. The zero-order chi connectivity index (χ0) is 18.9. The number of rotatable bonds is 7. The van der Waals surface area contributed by atoms with Crippen LogP contribution in [0.2, 0.25) is 0 Å². The quantitative estimate of drug-likeness (QED) is 0.434. The molecule has 0 aliphatic heterocycles. The third-order valence-corrected chi connectivity index (χ3v) is 4.18. The van der Waals surface area contributed by atoms with E-state index in [-0.39, 0.29) is 5.57 Å². The molecule has 4 heteroatoms. The Hall–Kier alpha value is -3.06. The van der Waals surface area contributed by atoms with Crippen molar-refractivity contribution in [3.63, 3.8) is 0 Å². The monoisotopic (exact) mass is 348 g/mol. The predicted octanol–water partition coefficient (Wildman–Crippen LogP) is 5.03. The van der Waals surface area contributed by atoms with Gasteiger partial charge in [-0.3, -0.25) is 4.79 Å². The first-order chi connectivity index (χ1) is 12.5. The van der Waals surface area contributed by atoms with Crippen LogP contribution in [0, 0.1) is 25.2 Å². The fraction of sp³-hybridized carbons (Fsp3) is 0.273. The van der Waals surface area contributed by atoms with Crippen molar-refractivity contribution in [2.24, 2.45) is 0 Å². The van der Waals surface area contributed by atoms with Crippen molar-refractivity contribution in [1.29, 1.82) is 5.26 Å². The number of benzene rings is 2. The van der Waals surface area contributed by atoms with Gasteiger partial charge >= 0.3 is 0 Å². The minimum Gasteiger partial charge on any atom is -0.494 e. The van der Waals surface area contributed by atoms with Gasteiger partial charge in [0.05, 0.1) is 6.61 Å². The number of nitrogens with one attached hydrogen (secondary N) is 1. The first-order valence-electron chi connectivity index (χ1n) is 8.77. The standard InChI is InChI=1S/C22H24N2O2/c1-4-5-13-26-20-11-9-18(10-12-20)14-19(15-23)22(25)24-21-8-6-7-16(2)17(21)3/h6-12,14H,4-5,13H2,1-3H3,(H,24,25)/b19-14+. The minimum atomic E-state index is -0.413. The van der Waals surface area contributed by atoms with Crippen molar-refractivity contribution in [2.75, 3.05) is 11.9 Å². The molecule has 1 amide bonds. The van der Waals surface area contributed by atoms with Gasteiger partial charge in [-0.25, -0.2) is 0 Å². The number of anilines is 1. The van der Waals surface area contributed by atoms with Crippen molar-refractivity contribution >= 4 is 17.7 Å². The third kappa shape index (κ3) is 5.22. The minimum absolute atomic E-state index is 0.0607. The predicted molar refractivity (Wildman–Crippen MR) is 105 cm³/mol. The second-order valence-corrected chi connectivity index (χ2v) is 6.14. The van der Waals surface area contributed by atoms with E-state index in [1.807, 2.05) is 62.4 Å². The topological polar surface area (TPSA) is 62.1 Å². The van der Waals surface area contributed by atoms with E-state index in [4.69, 9.17) is 4.74 Å². The Morgan fingerprint density at radius 1 is 1.19 bits per heavy atom. The molecule has 2 aromatic rings. The van der Waals surface area contributed by atoms with Gasteiger partial charge in [-0.2, -0.15) is 5.26 Å². The van der Waals surface area contributed by atoms with Gasteiger partial charge in [0.25, 0.3) is 5.91 Å². The zero-order valence-corrected chi connectivity index (χ0v) is 15.5. The molecule has 0 aromatic heterocycles. The first kappa shape index (κ1) is 19.3. The molecular weight excluding hydrogens is 324 g/mol. The molecule has 134 valence electrons. The summed E-state index contributed by atoms with van der Waals surface area (Å²) in [5, 5.41) is 12.2. The summed E-state index contributed by atoms with van der Waals surface area (Å²) >= 11 is 0. The van der Waals surface area contributed by atoms with Crippen LogP contribution >= 0.6 is 0 Å². The third-order valence-electron chi connectivity index (χ3n) is 4.18. The molecule has 0 aliphatic carbocycles. The molecule has 26 heavy (non-hydrogen) atoms. The molecule has 0 fully saturated rings. The van der Waals surface area contributed by atoms with Gasteiger partial charge in [0, 0.05) is 5.69 Å². The van der Waals surface area contributed by atoms with E-state index >= 15 is 0 Å². The molecule has 0 saturated heterocycles. The highest BCUT2D eigenvalue weighted by Gasteiger charge is 2.11. The van der Waals surface area contributed by atoms with Crippen LogP contribution in [0.25, 0.3) is 6.08 Å². The molecule has 2 aromatic carbocycles. The summed E-state index contributed by atoms with van der Waals surface area (Å²) in [5.74, 6) is 0.374. The summed E-state index contributed by atoms with van der Waals surface area (Å²) in [6.45, 7) is 6.73. The number of amides is 1. The van der Waals surface area contributed by atoms with Gasteiger partial charge < -0.3 is 10.1 Å². The molecule has 4 nitrogen and oxygen atoms in total. The molecule has 0 aliphatic rings. The average Bonchev–Trinajstić information content (AvgIpc) is 2.65. The van der Waals surface area contributed by atoms with Crippen LogP contribution in [0.4, 0.5) is 5.69 Å². The van der Waals surface area contributed by atoms with Crippen LogP contribution < -0.4 is 10.1 Å². The van der Waals surface area contributed by atoms with Gasteiger partial charge in [0.1, 0.15) is 17.4 Å². The zero-order valence-electron chi connectivity index (χ0n) is 15.5. The lowest BCUT2D eigenvalue weighted by atomic mass is 10.1. The van der Waals surface area contributed by atoms with Crippen LogP contribution in [-0.2, 0) is 4.79 Å². The lowest BCUT2D eigenvalue weighted by Gasteiger charge is -2.10. The lowest BCUT2D eigenvalue weighted by molar-refractivity contribution is -0.112. The number of carbonyl (C=O) groups is 1. The molecular formula is C22H24N2O2. The highest BCUT2D eigenvalue weighted by atomic mass is 16.5. The number of carbonyl (C=O) groups excluding carboxylic acids is 1. The number of hydrogen-bond donors (Lipinski definition) is 1. The fourth-order valence-electron chi connectivity index (χ4n) is 2.39. The van der Waals surface area contributed by atoms with Crippen molar-refractivity contribution in [1.82, 2.24) is 0 Å². The van der Waals surface area contributed by atoms with Gasteiger partial charge in [-0.05, 0) is 61.2 Å². The number of nitriles is 1.